The van der Waals surface area contributed by atoms with E-state index in [-0.39, 0.29) is 11.2 Å². The van der Waals surface area contributed by atoms with Crippen LogP contribution in [0, 0.1) is 0 Å². The van der Waals surface area contributed by atoms with Crippen LogP contribution >= 0.6 is 0 Å². The number of fused-ring (bicyclic) bond motifs is 1. The summed E-state index contributed by atoms with van der Waals surface area (Å²) in [5.41, 5.74) is 8.45. The molecular weight excluding hydrogens is 258 g/mol. The van der Waals surface area contributed by atoms with Crippen LogP contribution in [0.15, 0.2) is 24.3 Å². The molecule has 0 saturated heterocycles. The highest BCUT2D eigenvalue weighted by molar-refractivity contribution is 7.92. The van der Waals surface area contributed by atoms with E-state index in [0.717, 1.165) is 5.56 Å². The molecule has 0 radical (unpaired) electrons. The number of nitrogens with two attached hydrogens (primary N) is 1. The van der Waals surface area contributed by atoms with Gasteiger partial charge in [0.25, 0.3) is 0 Å². The molecule has 1 aromatic rings. The molecular formula is C15H23NO2S. The second-order valence-electron chi connectivity index (χ2n) is 5.64. The van der Waals surface area contributed by atoms with Crippen molar-refractivity contribution in [2.75, 3.05) is 0 Å². The van der Waals surface area contributed by atoms with Gasteiger partial charge in [-0.3, -0.25) is 0 Å². The Kier molecular flexibility index (Phi) is 4.02. The summed E-state index contributed by atoms with van der Waals surface area (Å²) >= 11 is 0. The van der Waals surface area contributed by atoms with Crippen molar-refractivity contribution in [3.63, 3.8) is 0 Å². The van der Waals surface area contributed by atoms with E-state index in [2.05, 4.69) is 13.0 Å². The van der Waals surface area contributed by atoms with E-state index in [1.165, 1.54) is 5.56 Å². The minimum absolute atomic E-state index is 0.250. The molecule has 3 nitrogen and oxygen atoms in total. The Morgan fingerprint density at radius 3 is 2.47 bits per heavy atom. The summed E-state index contributed by atoms with van der Waals surface area (Å²) < 4.78 is 25.2. The van der Waals surface area contributed by atoms with Gasteiger partial charge in [-0.15, -0.1) is 0 Å². The monoisotopic (exact) mass is 281 g/mol. The summed E-state index contributed by atoms with van der Waals surface area (Å²) in [6, 6.07) is 7.56. The van der Waals surface area contributed by atoms with Gasteiger partial charge in [-0.05, 0) is 36.8 Å². The topological polar surface area (TPSA) is 60.2 Å². The molecule has 0 aliphatic heterocycles. The quantitative estimate of drug-likeness (QED) is 0.926. The molecule has 4 unspecified atom stereocenters. The van der Waals surface area contributed by atoms with Crippen LogP contribution in [0.3, 0.4) is 0 Å². The standard InChI is InChI=1S/C15H23NO2S/c1-4-11(3)19(17,18)14-9-10(2)12-7-5-6-8-13(12)15(14)16/h5-8,10-11,14-15H,4,9,16H2,1-3H3. The number of hydrogen-bond donors (Lipinski definition) is 1. The van der Waals surface area contributed by atoms with Crippen molar-refractivity contribution in [1.29, 1.82) is 0 Å². The number of benzene rings is 1. The van der Waals surface area contributed by atoms with E-state index < -0.39 is 21.1 Å². The Morgan fingerprint density at radius 1 is 1.32 bits per heavy atom. The van der Waals surface area contributed by atoms with Crippen LogP contribution in [-0.2, 0) is 9.84 Å². The molecule has 1 aliphatic rings. The lowest BCUT2D eigenvalue weighted by molar-refractivity contribution is 0.481. The Hall–Kier alpha value is -0.870. The molecule has 4 atom stereocenters. The van der Waals surface area contributed by atoms with Gasteiger partial charge in [0.2, 0.25) is 0 Å². The van der Waals surface area contributed by atoms with Gasteiger partial charge in [-0.25, -0.2) is 8.42 Å². The van der Waals surface area contributed by atoms with E-state index in [9.17, 15) is 8.42 Å². The van der Waals surface area contributed by atoms with Crippen molar-refractivity contribution in [1.82, 2.24) is 0 Å². The Morgan fingerprint density at radius 2 is 1.89 bits per heavy atom. The summed E-state index contributed by atoms with van der Waals surface area (Å²) in [4.78, 5) is 0. The van der Waals surface area contributed by atoms with Gasteiger partial charge < -0.3 is 5.73 Å². The molecule has 106 valence electrons. The lowest BCUT2D eigenvalue weighted by atomic mass is 9.81. The van der Waals surface area contributed by atoms with Gasteiger partial charge in [0.15, 0.2) is 9.84 Å². The Balaban J connectivity index is 2.43. The smallest absolute Gasteiger partial charge is 0.157 e. The molecule has 0 aromatic heterocycles. The summed E-state index contributed by atoms with van der Waals surface area (Å²) in [6.45, 7) is 5.78. The van der Waals surface area contributed by atoms with Crippen LogP contribution in [0.4, 0.5) is 0 Å². The van der Waals surface area contributed by atoms with Gasteiger partial charge in [0, 0.05) is 6.04 Å². The first-order valence-corrected chi connectivity index (χ1v) is 8.57. The molecule has 0 saturated carbocycles. The molecule has 0 fully saturated rings. The fourth-order valence-corrected chi connectivity index (χ4v) is 5.13. The largest absolute Gasteiger partial charge is 0.323 e. The van der Waals surface area contributed by atoms with Crippen molar-refractivity contribution >= 4 is 9.84 Å². The van der Waals surface area contributed by atoms with Crippen molar-refractivity contribution < 1.29 is 8.42 Å². The average molecular weight is 281 g/mol. The van der Waals surface area contributed by atoms with Crippen molar-refractivity contribution in [2.45, 2.75) is 56.1 Å². The van der Waals surface area contributed by atoms with E-state index in [1.54, 1.807) is 6.92 Å². The van der Waals surface area contributed by atoms with E-state index in [4.69, 9.17) is 5.73 Å². The highest BCUT2D eigenvalue weighted by Gasteiger charge is 2.40. The molecule has 0 bridgehead atoms. The molecule has 4 heteroatoms. The fourth-order valence-electron chi connectivity index (χ4n) is 2.95. The maximum absolute atomic E-state index is 12.6. The summed E-state index contributed by atoms with van der Waals surface area (Å²) in [6.07, 6.45) is 1.27. The second kappa shape index (κ2) is 5.25. The molecule has 1 aromatic carbocycles. The third kappa shape index (κ3) is 2.43. The van der Waals surface area contributed by atoms with E-state index >= 15 is 0 Å². The van der Waals surface area contributed by atoms with Gasteiger partial charge >= 0.3 is 0 Å². The molecule has 0 heterocycles. The predicted octanol–water partition coefficient (Wildman–Crippen LogP) is 2.78. The molecule has 0 spiro atoms. The molecule has 1 aliphatic carbocycles. The minimum atomic E-state index is -3.16. The zero-order valence-corrected chi connectivity index (χ0v) is 12.7. The third-order valence-electron chi connectivity index (χ3n) is 4.43. The maximum atomic E-state index is 12.6. The highest BCUT2D eigenvalue weighted by Crippen LogP contribution is 2.40. The predicted molar refractivity (Wildman–Crippen MR) is 78.9 cm³/mol. The normalized spacial score (nSPS) is 28.7. The SMILES string of the molecule is CCC(C)S(=O)(=O)C1CC(C)c2ccccc2C1N. The van der Waals surface area contributed by atoms with E-state index in [0.29, 0.717) is 12.8 Å². The van der Waals surface area contributed by atoms with Crippen molar-refractivity contribution in [3.05, 3.63) is 35.4 Å². The molecule has 2 N–H and O–H groups in total. The number of rotatable bonds is 3. The first kappa shape index (κ1) is 14.5. The van der Waals surface area contributed by atoms with Crippen LogP contribution in [0.25, 0.3) is 0 Å². The average Bonchev–Trinajstić information content (AvgIpc) is 2.41. The van der Waals surface area contributed by atoms with Gasteiger partial charge in [-0.1, -0.05) is 38.1 Å². The Bertz CT molecular complexity index is 553. The lowest BCUT2D eigenvalue weighted by Gasteiger charge is -2.35. The Labute approximate surface area is 116 Å². The maximum Gasteiger partial charge on any atom is 0.157 e. The van der Waals surface area contributed by atoms with Crippen molar-refractivity contribution in [2.24, 2.45) is 5.73 Å². The van der Waals surface area contributed by atoms with Crippen LogP contribution in [0.5, 0.6) is 0 Å². The lowest BCUT2D eigenvalue weighted by Crippen LogP contribution is -2.42. The van der Waals surface area contributed by atoms with Gasteiger partial charge in [-0.2, -0.15) is 0 Å². The molecule has 0 amide bonds. The number of sulfone groups is 1. The second-order valence-corrected chi connectivity index (χ2v) is 8.23. The summed E-state index contributed by atoms with van der Waals surface area (Å²) in [5.74, 6) is 0.250. The fraction of sp³-hybridized carbons (Fsp3) is 0.600. The van der Waals surface area contributed by atoms with Crippen LogP contribution in [0.1, 0.15) is 56.7 Å². The zero-order chi connectivity index (χ0) is 14.2. The zero-order valence-electron chi connectivity index (χ0n) is 11.8. The summed E-state index contributed by atoms with van der Waals surface area (Å²) in [5, 5.41) is -0.770. The highest BCUT2D eigenvalue weighted by atomic mass is 32.2. The van der Waals surface area contributed by atoms with Crippen molar-refractivity contribution in [3.8, 4) is 0 Å². The summed E-state index contributed by atoms with van der Waals surface area (Å²) in [7, 11) is -3.16. The number of hydrogen-bond acceptors (Lipinski definition) is 3. The van der Waals surface area contributed by atoms with Gasteiger partial charge in [0.1, 0.15) is 0 Å². The van der Waals surface area contributed by atoms with Crippen LogP contribution < -0.4 is 5.73 Å². The first-order chi connectivity index (χ1) is 8.89. The first-order valence-electron chi connectivity index (χ1n) is 6.96. The van der Waals surface area contributed by atoms with Gasteiger partial charge in [0.05, 0.1) is 10.5 Å². The van der Waals surface area contributed by atoms with E-state index in [1.807, 2.05) is 25.1 Å². The van der Waals surface area contributed by atoms with Crippen LogP contribution in [-0.4, -0.2) is 18.9 Å². The van der Waals surface area contributed by atoms with Crippen LogP contribution in [0.2, 0.25) is 0 Å². The minimum Gasteiger partial charge on any atom is -0.323 e. The molecule has 19 heavy (non-hydrogen) atoms. The third-order valence-corrected chi connectivity index (χ3v) is 7.21. The molecule has 2 rings (SSSR count).